The standard InChI is InChI=1S/C17H16N4O6/c1-10(19-20-17(25)14-6-5-13(22)9-15(14)23)7-16(24)18-11-3-2-4-12(8-11)21(26)27/h2-6,8-9,22-23H,7H2,1H3,(H,18,24)(H,20,25). The van der Waals surface area contributed by atoms with Gasteiger partial charge in [-0.15, -0.1) is 0 Å². The average molecular weight is 372 g/mol. The number of carbonyl (C=O) groups excluding carboxylic acids is 2. The molecular formula is C17H16N4O6. The van der Waals surface area contributed by atoms with Gasteiger partial charge in [0.25, 0.3) is 11.6 Å². The molecule has 0 aliphatic rings. The molecule has 0 saturated carbocycles. The molecule has 10 nitrogen and oxygen atoms in total. The number of hydrogen-bond donors (Lipinski definition) is 4. The van der Waals surface area contributed by atoms with Crippen LogP contribution in [0.15, 0.2) is 47.6 Å². The lowest BCUT2D eigenvalue weighted by Gasteiger charge is -2.06. The van der Waals surface area contributed by atoms with Gasteiger partial charge in [0.05, 0.1) is 16.9 Å². The molecule has 0 saturated heterocycles. The van der Waals surface area contributed by atoms with E-state index in [1.807, 2.05) is 0 Å². The molecule has 0 aliphatic heterocycles. The Bertz CT molecular complexity index is 925. The number of rotatable bonds is 6. The summed E-state index contributed by atoms with van der Waals surface area (Å²) in [5, 5.41) is 35.8. The zero-order chi connectivity index (χ0) is 20.0. The number of nitrogens with zero attached hydrogens (tertiary/aromatic N) is 2. The number of amides is 2. The van der Waals surface area contributed by atoms with E-state index in [-0.39, 0.29) is 34.8 Å². The van der Waals surface area contributed by atoms with Crippen molar-refractivity contribution >= 4 is 28.9 Å². The highest BCUT2D eigenvalue weighted by Crippen LogP contribution is 2.22. The van der Waals surface area contributed by atoms with Crippen LogP contribution in [0.1, 0.15) is 23.7 Å². The van der Waals surface area contributed by atoms with E-state index in [0.717, 1.165) is 6.07 Å². The first-order valence-corrected chi connectivity index (χ1v) is 7.66. The predicted octanol–water partition coefficient (Wildman–Crippen LogP) is 2.14. The van der Waals surface area contributed by atoms with Crippen LogP contribution in [0, 0.1) is 10.1 Å². The number of nitro benzene ring substituents is 1. The number of phenols is 2. The number of anilines is 1. The summed E-state index contributed by atoms with van der Waals surface area (Å²) in [6, 6.07) is 8.94. The monoisotopic (exact) mass is 372 g/mol. The van der Waals surface area contributed by atoms with E-state index in [4.69, 9.17) is 0 Å². The Morgan fingerprint density at radius 1 is 1.19 bits per heavy atom. The third kappa shape index (κ3) is 5.53. The Labute approximate surface area is 153 Å². The number of benzene rings is 2. The van der Waals surface area contributed by atoms with Gasteiger partial charge in [-0.1, -0.05) is 6.07 Å². The number of hydrazone groups is 1. The van der Waals surface area contributed by atoms with Gasteiger partial charge in [0.1, 0.15) is 11.5 Å². The van der Waals surface area contributed by atoms with Crippen molar-refractivity contribution in [2.75, 3.05) is 5.32 Å². The van der Waals surface area contributed by atoms with Crippen molar-refractivity contribution in [2.45, 2.75) is 13.3 Å². The molecule has 27 heavy (non-hydrogen) atoms. The Kier molecular flexibility index (Phi) is 6.05. The summed E-state index contributed by atoms with van der Waals surface area (Å²) in [5.41, 5.74) is 2.48. The summed E-state index contributed by atoms with van der Waals surface area (Å²) in [6.07, 6.45) is -0.162. The first-order chi connectivity index (χ1) is 12.8. The summed E-state index contributed by atoms with van der Waals surface area (Å²) in [6.45, 7) is 1.50. The third-order valence-electron chi connectivity index (χ3n) is 3.33. The van der Waals surface area contributed by atoms with Gasteiger partial charge in [0.15, 0.2) is 0 Å². The smallest absolute Gasteiger partial charge is 0.275 e. The lowest BCUT2D eigenvalue weighted by atomic mass is 10.2. The third-order valence-corrected chi connectivity index (χ3v) is 3.33. The van der Waals surface area contributed by atoms with Gasteiger partial charge in [-0.05, 0) is 25.1 Å². The molecule has 10 heteroatoms. The normalized spacial score (nSPS) is 10.9. The second-order valence-electron chi connectivity index (χ2n) is 5.52. The highest BCUT2D eigenvalue weighted by molar-refractivity contribution is 6.06. The molecule has 0 bridgehead atoms. The van der Waals surface area contributed by atoms with Crippen LogP contribution < -0.4 is 10.7 Å². The van der Waals surface area contributed by atoms with E-state index < -0.39 is 22.5 Å². The lowest BCUT2D eigenvalue weighted by molar-refractivity contribution is -0.384. The molecule has 140 valence electrons. The summed E-state index contributed by atoms with van der Waals surface area (Å²) in [5.74, 6) is -1.80. The number of nitro groups is 1. The Balaban J connectivity index is 1.94. The maximum Gasteiger partial charge on any atom is 0.275 e. The number of non-ortho nitro benzene ring substituents is 1. The maximum absolute atomic E-state index is 12.0. The van der Waals surface area contributed by atoms with Crippen LogP contribution in [0.25, 0.3) is 0 Å². The highest BCUT2D eigenvalue weighted by Gasteiger charge is 2.12. The number of carbonyl (C=O) groups is 2. The van der Waals surface area contributed by atoms with Crippen LogP contribution in [0.2, 0.25) is 0 Å². The van der Waals surface area contributed by atoms with Crippen molar-refractivity contribution in [3.05, 3.63) is 58.1 Å². The van der Waals surface area contributed by atoms with Crippen LogP contribution in [0.3, 0.4) is 0 Å². The molecule has 2 amide bonds. The molecule has 0 fully saturated rings. The van der Waals surface area contributed by atoms with E-state index in [0.29, 0.717) is 0 Å². The molecule has 2 aromatic carbocycles. The maximum atomic E-state index is 12.0. The summed E-state index contributed by atoms with van der Waals surface area (Å²) < 4.78 is 0. The number of aromatic hydroxyl groups is 2. The fourth-order valence-electron chi connectivity index (χ4n) is 2.09. The fourth-order valence-corrected chi connectivity index (χ4v) is 2.09. The van der Waals surface area contributed by atoms with Gasteiger partial charge >= 0.3 is 0 Å². The van der Waals surface area contributed by atoms with Crippen molar-refractivity contribution in [2.24, 2.45) is 5.10 Å². The first kappa shape index (κ1) is 19.4. The van der Waals surface area contributed by atoms with Gasteiger partial charge in [-0.2, -0.15) is 5.10 Å². The molecule has 0 spiro atoms. The summed E-state index contributed by atoms with van der Waals surface area (Å²) in [4.78, 5) is 34.1. The van der Waals surface area contributed by atoms with E-state index in [9.17, 15) is 29.9 Å². The molecule has 4 N–H and O–H groups in total. The topological polar surface area (TPSA) is 154 Å². The van der Waals surface area contributed by atoms with E-state index in [2.05, 4.69) is 15.8 Å². The molecular weight excluding hydrogens is 356 g/mol. The minimum absolute atomic E-state index is 0.0922. The van der Waals surface area contributed by atoms with Crippen molar-refractivity contribution in [3.63, 3.8) is 0 Å². The van der Waals surface area contributed by atoms with E-state index in [1.165, 1.54) is 43.3 Å². The number of hydrogen-bond acceptors (Lipinski definition) is 7. The van der Waals surface area contributed by atoms with Crippen molar-refractivity contribution in [1.82, 2.24) is 5.43 Å². The fraction of sp³-hybridized carbons (Fsp3) is 0.118. The Hall–Kier alpha value is -3.95. The Morgan fingerprint density at radius 3 is 2.59 bits per heavy atom. The van der Waals surface area contributed by atoms with Crippen molar-refractivity contribution < 1.29 is 24.7 Å². The molecule has 0 aliphatic carbocycles. The highest BCUT2D eigenvalue weighted by atomic mass is 16.6. The predicted molar refractivity (Wildman–Crippen MR) is 96.7 cm³/mol. The van der Waals surface area contributed by atoms with E-state index >= 15 is 0 Å². The molecule has 0 radical (unpaired) electrons. The van der Waals surface area contributed by atoms with Gasteiger partial charge < -0.3 is 15.5 Å². The number of phenolic OH excluding ortho intramolecular Hbond substituents is 2. The van der Waals surface area contributed by atoms with Gasteiger partial charge in [0, 0.05) is 29.6 Å². The number of nitrogens with one attached hydrogen (secondary N) is 2. The van der Waals surface area contributed by atoms with Crippen LogP contribution >= 0.6 is 0 Å². The summed E-state index contributed by atoms with van der Waals surface area (Å²) in [7, 11) is 0. The molecule has 0 atom stereocenters. The molecule has 0 aromatic heterocycles. The molecule has 2 rings (SSSR count). The van der Waals surface area contributed by atoms with Crippen LogP contribution in [0.5, 0.6) is 11.5 Å². The minimum Gasteiger partial charge on any atom is -0.508 e. The van der Waals surface area contributed by atoms with E-state index in [1.54, 1.807) is 0 Å². The zero-order valence-electron chi connectivity index (χ0n) is 14.2. The van der Waals surface area contributed by atoms with Crippen molar-refractivity contribution in [1.29, 1.82) is 0 Å². The zero-order valence-corrected chi connectivity index (χ0v) is 14.2. The van der Waals surface area contributed by atoms with Crippen LogP contribution in [0.4, 0.5) is 11.4 Å². The van der Waals surface area contributed by atoms with Gasteiger partial charge in [0.2, 0.25) is 5.91 Å². The largest absolute Gasteiger partial charge is 0.508 e. The molecule has 2 aromatic rings. The van der Waals surface area contributed by atoms with Gasteiger partial charge in [-0.3, -0.25) is 19.7 Å². The lowest BCUT2D eigenvalue weighted by Crippen LogP contribution is -2.21. The van der Waals surface area contributed by atoms with Crippen LogP contribution in [-0.4, -0.2) is 32.7 Å². The second kappa shape index (κ2) is 8.43. The first-order valence-electron chi connectivity index (χ1n) is 7.66. The average Bonchev–Trinajstić information content (AvgIpc) is 2.59. The minimum atomic E-state index is -0.717. The Morgan fingerprint density at radius 2 is 1.93 bits per heavy atom. The summed E-state index contributed by atoms with van der Waals surface area (Å²) >= 11 is 0. The second-order valence-corrected chi connectivity index (χ2v) is 5.52. The molecule has 0 heterocycles. The van der Waals surface area contributed by atoms with Crippen LogP contribution in [-0.2, 0) is 4.79 Å². The quantitative estimate of drug-likeness (QED) is 0.346. The van der Waals surface area contributed by atoms with Gasteiger partial charge in [-0.25, -0.2) is 5.43 Å². The SMILES string of the molecule is CC(CC(=O)Nc1cccc([N+](=O)[O-])c1)=NNC(=O)c1ccc(O)cc1O. The van der Waals surface area contributed by atoms with Crippen molar-refractivity contribution in [3.8, 4) is 11.5 Å². The molecule has 0 unspecified atom stereocenters.